The van der Waals surface area contributed by atoms with Gasteiger partial charge in [-0.15, -0.1) is 0 Å². The van der Waals surface area contributed by atoms with E-state index in [9.17, 15) is 0 Å². The van der Waals surface area contributed by atoms with Crippen LogP contribution >= 0.6 is 11.6 Å². The zero-order chi connectivity index (χ0) is 14.8. The summed E-state index contributed by atoms with van der Waals surface area (Å²) in [5, 5.41) is 7.64. The highest BCUT2D eigenvalue weighted by molar-refractivity contribution is 6.30. The Labute approximate surface area is 125 Å². The molecule has 0 aliphatic carbocycles. The molecule has 0 saturated heterocycles. The SMILES string of the molecule is Cc1ccc(Cl)cc1Nc1nc(N)nc(-n2cncn2)n1. The van der Waals surface area contributed by atoms with Crippen molar-refractivity contribution >= 4 is 29.2 Å². The number of hydrogen-bond acceptors (Lipinski definition) is 7. The molecule has 0 saturated carbocycles. The number of benzene rings is 1. The Morgan fingerprint density at radius 3 is 2.86 bits per heavy atom. The topological polar surface area (TPSA) is 107 Å². The average Bonchev–Trinajstić information content (AvgIpc) is 2.96. The van der Waals surface area contributed by atoms with Crippen LogP contribution in [0, 0.1) is 6.92 Å². The first-order chi connectivity index (χ1) is 10.1. The quantitative estimate of drug-likeness (QED) is 0.758. The molecule has 8 nitrogen and oxygen atoms in total. The Balaban J connectivity index is 1.97. The van der Waals surface area contributed by atoms with Gasteiger partial charge >= 0.3 is 0 Å². The molecule has 3 aromatic rings. The molecule has 3 N–H and O–H groups in total. The zero-order valence-electron chi connectivity index (χ0n) is 11.0. The van der Waals surface area contributed by atoms with Crippen LogP contribution in [0.15, 0.2) is 30.9 Å². The standard InChI is InChI=1S/C12H11ClN8/c1-7-2-3-8(13)4-9(7)17-11-18-10(14)19-12(20-11)21-6-15-5-16-21/h2-6H,1H3,(H3,14,17,18,19,20). The van der Waals surface area contributed by atoms with E-state index in [1.54, 1.807) is 6.07 Å². The first-order valence-corrected chi connectivity index (χ1v) is 6.39. The summed E-state index contributed by atoms with van der Waals surface area (Å²) in [4.78, 5) is 16.1. The van der Waals surface area contributed by atoms with Gasteiger partial charge in [0.25, 0.3) is 5.95 Å². The first kappa shape index (κ1) is 13.3. The van der Waals surface area contributed by atoms with Gasteiger partial charge in [0.1, 0.15) is 12.7 Å². The molecule has 0 radical (unpaired) electrons. The number of nitrogens with two attached hydrogens (primary N) is 1. The minimum atomic E-state index is 0.0812. The van der Waals surface area contributed by atoms with Crippen LogP contribution < -0.4 is 11.1 Å². The molecule has 3 rings (SSSR count). The number of nitrogens with one attached hydrogen (secondary N) is 1. The van der Waals surface area contributed by atoms with Crippen molar-refractivity contribution in [2.45, 2.75) is 6.92 Å². The smallest absolute Gasteiger partial charge is 0.258 e. The second kappa shape index (κ2) is 5.33. The lowest BCUT2D eigenvalue weighted by atomic mass is 10.2. The van der Waals surface area contributed by atoms with E-state index in [2.05, 4.69) is 30.4 Å². The molecule has 0 unspecified atom stereocenters. The van der Waals surface area contributed by atoms with Crippen LogP contribution in [0.4, 0.5) is 17.6 Å². The summed E-state index contributed by atoms with van der Waals surface area (Å²) in [5.74, 6) is 0.665. The van der Waals surface area contributed by atoms with E-state index in [1.165, 1.54) is 17.3 Å². The Morgan fingerprint density at radius 2 is 2.10 bits per heavy atom. The number of halogens is 1. The Kier molecular flexibility index (Phi) is 3.36. The minimum Gasteiger partial charge on any atom is -0.368 e. The maximum atomic E-state index is 5.99. The highest BCUT2D eigenvalue weighted by Gasteiger charge is 2.08. The van der Waals surface area contributed by atoms with E-state index in [-0.39, 0.29) is 11.9 Å². The summed E-state index contributed by atoms with van der Waals surface area (Å²) in [6.07, 6.45) is 2.86. The van der Waals surface area contributed by atoms with Gasteiger partial charge in [0.15, 0.2) is 0 Å². The summed E-state index contributed by atoms with van der Waals surface area (Å²) < 4.78 is 1.40. The van der Waals surface area contributed by atoms with Crippen LogP contribution in [0.3, 0.4) is 0 Å². The number of aryl methyl sites for hydroxylation is 1. The lowest BCUT2D eigenvalue weighted by Gasteiger charge is -2.09. The molecule has 0 aliphatic heterocycles. The third-order valence-corrected chi connectivity index (χ3v) is 2.95. The van der Waals surface area contributed by atoms with Crippen molar-refractivity contribution in [3.05, 3.63) is 41.4 Å². The van der Waals surface area contributed by atoms with Crippen LogP contribution in [0.25, 0.3) is 5.95 Å². The monoisotopic (exact) mass is 302 g/mol. The molecular weight excluding hydrogens is 292 g/mol. The molecule has 9 heteroatoms. The molecule has 0 bridgehead atoms. The molecule has 21 heavy (non-hydrogen) atoms. The highest BCUT2D eigenvalue weighted by atomic mass is 35.5. The lowest BCUT2D eigenvalue weighted by molar-refractivity contribution is 0.800. The van der Waals surface area contributed by atoms with Crippen molar-refractivity contribution in [3.63, 3.8) is 0 Å². The van der Waals surface area contributed by atoms with E-state index < -0.39 is 0 Å². The Hall–Kier alpha value is -2.74. The second-order valence-electron chi connectivity index (χ2n) is 4.24. The van der Waals surface area contributed by atoms with Gasteiger partial charge in [-0.05, 0) is 24.6 Å². The van der Waals surface area contributed by atoms with E-state index in [4.69, 9.17) is 17.3 Å². The number of anilines is 3. The van der Waals surface area contributed by atoms with Crippen LogP contribution in [0.2, 0.25) is 5.02 Å². The third kappa shape index (κ3) is 2.90. The maximum Gasteiger partial charge on any atom is 0.258 e. The average molecular weight is 303 g/mol. The molecule has 0 atom stereocenters. The van der Waals surface area contributed by atoms with Crippen molar-refractivity contribution in [2.24, 2.45) is 0 Å². The fraction of sp³-hybridized carbons (Fsp3) is 0.0833. The zero-order valence-corrected chi connectivity index (χ0v) is 11.8. The fourth-order valence-corrected chi connectivity index (χ4v) is 1.87. The number of rotatable bonds is 3. The van der Waals surface area contributed by atoms with Gasteiger partial charge in [0.05, 0.1) is 0 Å². The van der Waals surface area contributed by atoms with E-state index in [0.29, 0.717) is 11.0 Å². The van der Waals surface area contributed by atoms with Gasteiger partial charge < -0.3 is 11.1 Å². The van der Waals surface area contributed by atoms with Crippen LogP contribution in [0.1, 0.15) is 5.56 Å². The fourth-order valence-electron chi connectivity index (χ4n) is 1.70. The highest BCUT2D eigenvalue weighted by Crippen LogP contribution is 2.23. The molecule has 2 aromatic heterocycles. The van der Waals surface area contributed by atoms with Crippen molar-refractivity contribution in [3.8, 4) is 5.95 Å². The van der Waals surface area contributed by atoms with Crippen LogP contribution in [-0.2, 0) is 0 Å². The Morgan fingerprint density at radius 1 is 1.24 bits per heavy atom. The third-order valence-electron chi connectivity index (χ3n) is 2.71. The maximum absolute atomic E-state index is 5.99. The number of aromatic nitrogens is 6. The van der Waals surface area contributed by atoms with Gasteiger partial charge in [-0.25, -0.2) is 4.98 Å². The van der Waals surface area contributed by atoms with E-state index in [0.717, 1.165) is 11.3 Å². The van der Waals surface area contributed by atoms with Crippen molar-refractivity contribution < 1.29 is 0 Å². The van der Waals surface area contributed by atoms with E-state index >= 15 is 0 Å². The van der Waals surface area contributed by atoms with Gasteiger partial charge in [-0.2, -0.15) is 24.7 Å². The van der Waals surface area contributed by atoms with Crippen molar-refractivity contribution in [1.29, 1.82) is 0 Å². The van der Waals surface area contributed by atoms with Crippen molar-refractivity contribution in [2.75, 3.05) is 11.1 Å². The predicted octanol–water partition coefficient (Wildman–Crippen LogP) is 1.74. The lowest BCUT2D eigenvalue weighted by Crippen LogP contribution is -2.09. The normalized spacial score (nSPS) is 10.6. The van der Waals surface area contributed by atoms with Gasteiger partial charge in [0, 0.05) is 10.7 Å². The molecule has 0 aliphatic rings. The van der Waals surface area contributed by atoms with E-state index in [1.807, 2.05) is 19.1 Å². The molecule has 2 heterocycles. The van der Waals surface area contributed by atoms with Gasteiger partial charge in [-0.3, -0.25) is 0 Å². The molecular formula is C12H11ClN8. The number of nitrogen functional groups attached to an aromatic ring is 1. The number of hydrogen-bond donors (Lipinski definition) is 2. The molecule has 106 valence electrons. The summed E-state index contributed by atoms with van der Waals surface area (Å²) >= 11 is 5.99. The molecule has 0 spiro atoms. The second-order valence-corrected chi connectivity index (χ2v) is 4.68. The minimum absolute atomic E-state index is 0.0812. The summed E-state index contributed by atoms with van der Waals surface area (Å²) in [6.45, 7) is 1.95. The summed E-state index contributed by atoms with van der Waals surface area (Å²) in [6, 6.07) is 5.49. The predicted molar refractivity (Wildman–Crippen MR) is 78.6 cm³/mol. The van der Waals surface area contributed by atoms with Crippen LogP contribution in [-0.4, -0.2) is 29.7 Å². The first-order valence-electron chi connectivity index (χ1n) is 6.01. The molecule has 0 fully saturated rings. The van der Waals surface area contributed by atoms with Crippen molar-refractivity contribution in [1.82, 2.24) is 29.7 Å². The molecule has 0 amide bonds. The summed E-state index contributed by atoms with van der Waals surface area (Å²) in [7, 11) is 0. The van der Waals surface area contributed by atoms with Gasteiger partial charge in [0.2, 0.25) is 11.9 Å². The van der Waals surface area contributed by atoms with Gasteiger partial charge in [-0.1, -0.05) is 17.7 Å². The summed E-state index contributed by atoms with van der Waals surface area (Å²) in [5.41, 5.74) is 7.49. The Bertz CT molecular complexity index is 771. The number of nitrogens with zero attached hydrogens (tertiary/aromatic N) is 6. The largest absolute Gasteiger partial charge is 0.368 e. The van der Waals surface area contributed by atoms with Crippen LogP contribution in [0.5, 0.6) is 0 Å². The molecule has 1 aromatic carbocycles.